The predicted octanol–water partition coefficient (Wildman–Crippen LogP) is 4.25. The van der Waals surface area contributed by atoms with Crippen LogP contribution in [0.4, 0.5) is 0 Å². The second-order valence-electron chi connectivity index (χ2n) is 7.95. The van der Waals surface area contributed by atoms with Gasteiger partial charge in [-0.2, -0.15) is 0 Å². The first-order chi connectivity index (χ1) is 11.7. The summed E-state index contributed by atoms with van der Waals surface area (Å²) < 4.78 is 11.5. The van der Waals surface area contributed by atoms with Crippen molar-refractivity contribution in [3.63, 3.8) is 0 Å². The molecule has 0 saturated carbocycles. The van der Waals surface area contributed by atoms with E-state index in [1.807, 2.05) is 32.9 Å². The molecule has 0 spiro atoms. The summed E-state index contributed by atoms with van der Waals surface area (Å²) in [5.41, 5.74) is 1.42. The van der Waals surface area contributed by atoms with Crippen molar-refractivity contribution >= 4 is 29.2 Å². The first-order valence-corrected chi connectivity index (χ1v) is 9.52. The second kappa shape index (κ2) is 7.07. The van der Waals surface area contributed by atoms with Gasteiger partial charge < -0.3 is 14.8 Å². The van der Waals surface area contributed by atoms with Crippen LogP contribution in [0.2, 0.25) is 10.0 Å². The third-order valence-electron chi connectivity index (χ3n) is 4.70. The molecule has 6 heteroatoms. The Hall–Kier alpha value is -0.810. The molecule has 1 N–H and O–H groups in total. The summed E-state index contributed by atoms with van der Waals surface area (Å²) in [5.74, 6) is -0.174. The fraction of sp³-hybridized carbons (Fsp3) is 0.632. The van der Waals surface area contributed by atoms with E-state index in [0.717, 1.165) is 37.1 Å². The van der Waals surface area contributed by atoms with E-state index in [2.05, 4.69) is 5.32 Å². The van der Waals surface area contributed by atoms with Gasteiger partial charge in [0.2, 0.25) is 0 Å². The Balaban J connectivity index is 1.73. The number of nitrogens with one attached hydrogen (secondary N) is 1. The maximum Gasteiger partial charge on any atom is 0.306 e. The molecule has 2 bridgehead atoms. The number of benzene rings is 1. The maximum absolute atomic E-state index is 11.9. The van der Waals surface area contributed by atoms with Gasteiger partial charge in [-0.1, -0.05) is 23.2 Å². The number of esters is 1. The molecule has 2 saturated heterocycles. The van der Waals surface area contributed by atoms with Crippen molar-refractivity contribution in [1.82, 2.24) is 5.32 Å². The van der Waals surface area contributed by atoms with Gasteiger partial charge in [0.1, 0.15) is 11.2 Å². The van der Waals surface area contributed by atoms with Gasteiger partial charge in [-0.3, -0.25) is 4.79 Å². The van der Waals surface area contributed by atoms with E-state index in [-0.39, 0.29) is 11.6 Å². The highest BCUT2D eigenvalue weighted by atomic mass is 35.5. The molecule has 1 aromatic rings. The Morgan fingerprint density at radius 1 is 1.36 bits per heavy atom. The lowest BCUT2D eigenvalue weighted by atomic mass is 9.87. The number of ether oxygens (including phenoxy) is 2. The number of halogens is 2. The zero-order valence-corrected chi connectivity index (χ0v) is 16.5. The molecule has 0 radical (unpaired) electrons. The average molecular weight is 386 g/mol. The average Bonchev–Trinajstić information content (AvgIpc) is 3.10. The lowest BCUT2D eigenvalue weighted by molar-refractivity contribution is -0.154. The number of morpholine rings is 1. The summed E-state index contributed by atoms with van der Waals surface area (Å²) in [4.78, 5) is 11.9. The number of fused-ring (bicyclic) bond motifs is 2. The molecule has 3 rings (SSSR count). The third kappa shape index (κ3) is 4.30. The van der Waals surface area contributed by atoms with Gasteiger partial charge in [0.15, 0.2) is 0 Å². The largest absolute Gasteiger partial charge is 0.460 e. The van der Waals surface area contributed by atoms with Crippen molar-refractivity contribution in [2.75, 3.05) is 13.2 Å². The molecule has 0 aliphatic carbocycles. The molecule has 2 unspecified atom stereocenters. The van der Waals surface area contributed by atoms with Crippen molar-refractivity contribution in [3.8, 4) is 0 Å². The highest BCUT2D eigenvalue weighted by molar-refractivity contribution is 6.42. The molecule has 2 fully saturated rings. The van der Waals surface area contributed by atoms with Gasteiger partial charge in [0.05, 0.1) is 16.7 Å². The number of hydrogen-bond acceptors (Lipinski definition) is 4. The Morgan fingerprint density at radius 2 is 2.08 bits per heavy atom. The molecule has 2 atom stereocenters. The number of aryl methyl sites for hydroxylation is 1. The first kappa shape index (κ1) is 19.0. The van der Waals surface area contributed by atoms with Crippen LogP contribution >= 0.6 is 23.2 Å². The molecular formula is C19H25Cl2NO3. The van der Waals surface area contributed by atoms with Gasteiger partial charge in [0.25, 0.3) is 0 Å². The predicted molar refractivity (Wildman–Crippen MR) is 99.3 cm³/mol. The van der Waals surface area contributed by atoms with Gasteiger partial charge in [-0.25, -0.2) is 0 Å². The van der Waals surface area contributed by atoms with Crippen LogP contribution in [0, 0.1) is 0 Å². The molecule has 138 valence electrons. The van der Waals surface area contributed by atoms with Crippen molar-refractivity contribution in [3.05, 3.63) is 33.3 Å². The lowest BCUT2D eigenvalue weighted by Crippen LogP contribution is -2.38. The lowest BCUT2D eigenvalue weighted by Gasteiger charge is -2.30. The number of carbonyl (C=O) groups excluding carboxylic acids is 1. The molecule has 2 heterocycles. The minimum Gasteiger partial charge on any atom is -0.460 e. The first-order valence-electron chi connectivity index (χ1n) is 8.76. The van der Waals surface area contributed by atoms with Crippen LogP contribution in [-0.4, -0.2) is 30.8 Å². The Bertz CT molecular complexity index is 661. The quantitative estimate of drug-likeness (QED) is 0.769. The smallest absolute Gasteiger partial charge is 0.306 e. The van der Waals surface area contributed by atoms with E-state index < -0.39 is 5.60 Å². The zero-order valence-electron chi connectivity index (χ0n) is 15.0. The third-order valence-corrected chi connectivity index (χ3v) is 5.42. The Kier molecular flexibility index (Phi) is 5.36. The summed E-state index contributed by atoms with van der Waals surface area (Å²) in [5, 5.41) is 4.56. The summed E-state index contributed by atoms with van der Waals surface area (Å²) >= 11 is 12.5. The molecule has 0 aromatic heterocycles. The number of hydrogen-bond donors (Lipinski definition) is 1. The number of carbonyl (C=O) groups is 1. The van der Waals surface area contributed by atoms with Crippen LogP contribution in [-0.2, 0) is 26.3 Å². The summed E-state index contributed by atoms with van der Waals surface area (Å²) in [6.07, 6.45) is 2.77. The highest BCUT2D eigenvalue weighted by Crippen LogP contribution is 2.44. The minimum atomic E-state index is -0.451. The van der Waals surface area contributed by atoms with E-state index in [1.54, 1.807) is 0 Å². The van der Waals surface area contributed by atoms with Crippen molar-refractivity contribution < 1.29 is 14.3 Å². The fourth-order valence-corrected chi connectivity index (χ4v) is 4.01. The summed E-state index contributed by atoms with van der Waals surface area (Å²) in [6.45, 7) is 7.14. The van der Waals surface area contributed by atoms with Crippen LogP contribution in [0.3, 0.4) is 0 Å². The number of rotatable bonds is 5. The van der Waals surface area contributed by atoms with Crippen LogP contribution in [0.1, 0.15) is 51.2 Å². The minimum absolute atomic E-state index is 0.174. The fourth-order valence-electron chi connectivity index (χ4n) is 3.66. The molecule has 2 aliphatic rings. The van der Waals surface area contributed by atoms with Crippen LogP contribution in [0.15, 0.2) is 12.1 Å². The molecule has 2 aliphatic heterocycles. The van der Waals surface area contributed by atoms with Crippen LogP contribution < -0.4 is 5.32 Å². The summed E-state index contributed by atoms with van der Waals surface area (Å²) in [7, 11) is 0. The van der Waals surface area contributed by atoms with Crippen molar-refractivity contribution in [2.24, 2.45) is 0 Å². The SMILES string of the molecule is CC(C)(C)OC(=O)CCCc1cc(Cl)c(Cl)cc1C12CNC(CO1)C2. The Labute approximate surface area is 159 Å². The monoisotopic (exact) mass is 385 g/mol. The van der Waals surface area contributed by atoms with E-state index in [4.69, 9.17) is 32.7 Å². The van der Waals surface area contributed by atoms with E-state index >= 15 is 0 Å². The zero-order chi connectivity index (χ0) is 18.2. The maximum atomic E-state index is 11.9. The van der Waals surface area contributed by atoms with E-state index in [9.17, 15) is 4.79 Å². The molecule has 0 amide bonds. The van der Waals surface area contributed by atoms with Crippen molar-refractivity contribution in [1.29, 1.82) is 0 Å². The second-order valence-corrected chi connectivity index (χ2v) is 8.77. The van der Waals surface area contributed by atoms with Gasteiger partial charge >= 0.3 is 5.97 Å². The Morgan fingerprint density at radius 3 is 2.64 bits per heavy atom. The standard InChI is InChI=1S/C19H25Cl2NO3/c1-18(2,3)25-17(23)6-4-5-12-7-15(20)16(21)8-14(12)19-9-13(10-24-19)22-11-19/h7-8,13,22H,4-6,9-11H2,1-3H3. The molecular weight excluding hydrogens is 361 g/mol. The van der Waals surface area contributed by atoms with Gasteiger partial charge in [-0.05, 0) is 63.3 Å². The molecule has 1 aromatic carbocycles. The molecule has 25 heavy (non-hydrogen) atoms. The normalized spacial score (nSPS) is 25.4. The van der Waals surface area contributed by atoms with Crippen molar-refractivity contribution in [2.45, 2.75) is 63.7 Å². The highest BCUT2D eigenvalue weighted by Gasteiger charge is 2.48. The van der Waals surface area contributed by atoms with Crippen LogP contribution in [0.25, 0.3) is 0 Å². The molecule has 4 nitrogen and oxygen atoms in total. The summed E-state index contributed by atoms with van der Waals surface area (Å²) in [6, 6.07) is 4.25. The van der Waals surface area contributed by atoms with Gasteiger partial charge in [-0.15, -0.1) is 0 Å². The van der Waals surface area contributed by atoms with Crippen LogP contribution in [0.5, 0.6) is 0 Å². The van der Waals surface area contributed by atoms with E-state index in [0.29, 0.717) is 28.9 Å². The van der Waals surface area contributed by atoms with Gasteiger partial charge in [0, 0.05) is 19.0 Å². The topological polar surface area (TPSA) is 47.6 Å². The van der Waals surface area contributed by atoms with E-state index in [1.165, 1.54) is 0 Å².